The molecule has 0 fully saturated rings. The van der Waals surface area contributed by atoms with Crippen molar-refractivity contribution >= 4 is 32.0 Å². The molecule has 0 N–H and O–H groups in total. The first-order valence-corrected chi connectivity index (χ1v) is 10.3. The molecule has 3 aromatic carbocycles. The molecule has 3 rings (SSSR count). The highest BCUT2D eigenvalue weighted by Crippen LogP contribution is 2.29. The molecule has 0 saturated carbocycles. The summed E-state index contributed by atoms with van der Waals surface area (Å²) in [6.07, 6.45) is 1.75. The summed E-state index contributed by atoms with van der Waals surface area (Å²) in [4.78, 5) is 12.1. The highest BCUT2D eigenvalue weighted by molar-refractivity contribution is 7.90. The van der Waals surface area contributed by atoms with Crippen LogP contribution in [-0.2, 0) is 16.3 Å². The monoisotopic (exact) mass is 384 g/mol. The zero-order valence-corrected chi connectivity index (χ0v) is 15.9. The van der Waals surface area contributed by atoms with Gasteiger partial charge in [-0.1, -0.05) is 42.5 Å². The van der Waals surface area contributed by atoms with E-state index in [1.165, 1.54) is 28.5 Å². The zero-order chi connectivity index (χ0) is 19.6. The lowest BCUT2D eigenvalue weighted by Crippen LogP contribution is -2.21. The van der Waals surface area contributed by atoms with Crippen molar-refractivity contribution in [3.05, 3.63) is 76.3 Å². The maximum Gasteiger partial charge on any atom is 0.288 e. The van der Waals surface area contributed by atoms with E-state index >= 15 is 0 Å². The summed E-state index contributed by atoms with van der Waals surface area (Å²) in [5, 5.41) is 13.5. The molecule has 140 valence electrons. The molecule has 0 aliphatic rings. The smallest absolute Gasteiger partial charge is 0.288 e. The fourth-order valence-corrected chi connectivity index (χ4v) is 3.97. The lowest BCUT2D eigenvalue weighted by Gasteiger charge is -2.20. The first kappa shape index (κ1) is 18.8. The first-order chi connectivity index (χ1) is 12.8. The fourth-order valence-electron chi connectivity index (χ4n) is 3.12. The molecule has 0 bridgehead atoms. The minimum atomic E-state index is -3.70. The minimum absolute atomic E-state index is 0.262. The Kier molecular flexibility index (Phi) is 5.14. The molecule has 0 heterocycles. The van der Waals surface area contributed by atoms with E-state index in [0.717, 1.165) is 12.7 Å². The van der Waals surface area contributed by atoms with Gasteiger partial charge in [0.2, 0.25) is 0 Å². The summed E-state index contributed by atoms with van der Waals surface area (Å²) in [5.74, 6) is 0. The number of anilines is 1. The van der Waals surface area contributed by atoms with Gasteiger partial charge in [-0.15, -0.1) is 0 Å². The number of nitro groups is 1. The molecule has 0 spiro atoms. The quantitative estimate of drug-likeness (QED) is 0.477. The second kappa shape index (κ2) is 7.36. The Hall–Kier alpha value is -2.93. The van der Waals surface area contributed by atoms with Gasteiger partial charge in [-0.3, -0.25) is 10.1 Å². The Bertz CT molecular complexity index is 1100. The summed E-state index contributed by atoms with van der Waals surface area (Å²) in [5.41, 5.74) is 1.43. The van der Waals surface area contributed by atoms with Crippen molar-refractivity contribution in [2.24, 2.45) is 0 Å². The van der Waals surface area contributed by atoms with Crippen LogP contribution in [0.25, 0.3) is 10.8 Å². The van der Waals surface area contributed by atoms with Crippen LogP contribution in [0.1, 0.15) is 5.56 Å². The van der Waals surface area contributed by atoms with E-state index in [9.17, 15) is 18.5 Å². The molecule has 0 aliphatic carbocycles. The van der Waals surface area contributed by atoms with E-state index < -0.39 is 20.4 Å². The average molecular weight is 384 g/mol. The Morgan fingerprint density at radius 2 is 1.74 bits per heavy atom. The van der Waals surface area contributed by atoms with Crippen molar-refractivity contribution < 1.29 is 13.3 Å². The van der Waals surface area contributed by atoms with Crippen molar-refractivity contribution in [3.63, 3.8) is 0 Å². The Labute approximate surface area is 158 Å². The van der Waals surface area contributed by atoms with Crippen molar-refractivity contribution in [1.29, 1.82) is 0 Å². The Morgan fingerprint density at radius 3 is 2.44 bits per heavy atom. The maximum atomic E-state index is 11.9. The minimum Gasteiger partial charge on any atom is -0.374 e. The summed E-state index contributed by atoms with van der Waals surface area (Å²) >= 11 is 0. The van der Waals surface area contributed by atoms with Crippen LogP contribution in [0.4, 0.5) is 11.4 Å². The maximum absolute atomic E-state index is 11.9. The Morgan fingerprint density at radius 1 is 1.04 bits per heavy atom. The molecule has 0 radical (unpaired) electrons. The zero-order valence-electron chi connectivity index (χ0n) is 15.1. The molecule has 0 saturated heterocycles. The van der Waals surface area contributed by atoms with Gasteiger partial charge in [0.15, 0.2) is 9.84 Å². The summed E-state index contributed by atoms with van der Waals surface area (Å²) in [7, 11) is -1.85. The molecule has 7 heteroatoms. The fraction of sp³-hybridized carbons (Fsp3) is 0.200. The van der Waals surface area contributed by atoms with E-state index in [1.807, 2.05) is 30.1 Å². The van der Waals surface area contributed by atoms with E-state index in [2.05, 4.69) is 24.3 Å². The molecule has 6 nitrogen and oxygen atoms in total. The van der Waals surface area contributed by atoms with Gasteiger partial charge in [-0.05, 0) is 34.9 Å². The SMILES string of the molecule is CN(CCc1cccc2ccccc12)c1ccc([N+](=O)[O-])c(S(C)(=O)=O)c1. The number of hydrogen-bond acceptors (Lipinski definition) is 5. The van der Waals surface area contributed by atoms with E-state index in [-0.39, 0.29) is 4.90 Å². The van der Waals surface area contributed by atoms with E-state index in [0.29, 0.717) is 12.2 Å². The molecule has 0 aliphatic heterocycles. The van der Waals surface area contributed by atoms with Crippen LogP contribution in [0.3, 0.4) is 0 Å². The largest absolute Gasteiger partial charge is 0.374 e. The first-order valence-electron chi connectivity index (χ1n) is 8.43. The number of rotatable bonds is 6. The third-order valence-corrected chi connectivity index (χ3v) is 5.70. The lowest BCUT2D eigenvalue weighted by atomic mass is 10.0. The van der Waals surface area contributed by atoms with Crippen molar-refractivity contribution in [1.82, 2.24) is 0 Å². The molecular formula is C20H20N2O4S. The number of sulfone groups is 1. The van der Waals surface area contributed by atoms with Crippen molar-refractivity contribution in [2.45, 2.75) is 11.3 Å². The highest BCUT2D eigenvalue weighted by Gasteiger charge is 2.23. The van der Waals surface area contributed by atoms with Crippen LogP contribution >= 0.6 is 0 Å². The van der Waals surface area contributed by atoms with Gasteiger partial charge in [0, 0.05) is 31.6 Å². The van der Waals surface area contributed by atoms with Gasteiger partial charge >= 0.3 is 0 Å². The predicted octanol–water partition coefficient (Wildman–Crippen LogP) is 3.83. The summed E-state index contributed by atoms with van der Waals surface area (Å²) < 4.78 is 23.9. The van der Waals surface area contributed by atoms with E-state index in [1.54, 1.807) is 6.07 Å². The topological polar surface area (TPSA) is 80.5 Å². The van der Waals surface area contributed by atoms with Gasteiger partial charge in [0.1, 0.15) is 4.90 Å². The number of nitrogens with zero attached hydrogens (tertiary/aromatic N) is 2. The second-order valence-corrected chi connectivity index (χ2v) is 8.48. The van der Waals surface area contributed by atoms with Crippen LogP contribution in [0.15, 0.2) is 65.6 Å². The van der Waals surface area contributed by atoms with E-state index in [4.69, 9.17) is 0 Å². The van der Waals surface area contributed by atoms with Crippen LogP contribution in [0.5, 0.6) is 0 Å². The molecule has 0 aromatic heterocycles. The summed E-state index contributed by atoms with van der Waals surface area (Å²) in [6.45, 7) is 0.648. The number of hydrogen-bond donors (Lipinski definition) is 0. The second-order valence-electron chi connectivity index (χ2n) is 6.49. The third-order valence-electron chi connectivity index (χ3n) is 4.58. The van der Waals surface area contributed by atoms with Crippen LogP contribution in [0.2, 0.25) is 0 Å². The molecule has 3 aromatic rings. The number of nitro benzene ring substituents is 1. The van der Waals surface area contributed by atoms with Crippen molar-refractivity contribution in [2.75, 3.05) is 24.7 Å². The van der Waals surface area contributed by atoms with Crippen LogP contribution in [-0.4, -0.2) is 33.2 Å². The highest BCUT2D eigenvalue weighted by atomic mass is 32.2. The Balaban J connectivity index is 1.86. The molecule has 27 heavy (non-hydrogen) atoms. The van der Waals surface area contributed by atoms with Gasteiger partial charge in [-0.25, -0.2) is 8.42 Å². The van der Waals surface area contributed by atoms with Crippen LogP contribution in [0, 0.1) is 10.1 Å². The predicted molar refractivity (Wildman–Crippen MR) is 107 cm³/mol. The van der Waals surface area contributed by atoms with Gasteiger partial charge in [0.25, 0.3) is 5.69 Å². The molecule has 0 unspecified atom stereocenters. The number of benzene rings is 3. The molecule has 0 amide bonds. The standard InChI is InChI=1S/C20H20N2O4S/c1-21(13-12-16-8-5-7-15-6-3-4-9-18(15)16)17-10-11-19(22(23)24)20(14-17)27(2,25)26/h3-11,14H,12-13H2,1-2H3. The van der Waals surface area contributed by atoms with Gasteiger partial charge in [-0.2, -0.15) is 0 Å². The molecule has 0 atom stereocenters. The lowest BCUT2D eigenvalue weighted by molar-refractivity contribution is -0.387. The van der Waals surface area contributed by atoms with Gasteiger partial charge < -0.3 is 4.90 Å². The van der Waals surface area contributed by atoms with Crippen molar-refractivity contribution in [3.8, 4) is 0 Å². The molecular weight excluding hydrogens is 364 g/mol. The number of likely N-dealkylation sites (N-methyl/N-ethyl adjacent to an activating group) is 1. The van der Waals surface area contributed by atoms with Gasteiger partial charge in [0.05, 0.1) is 4.92 Å². The normalized spacial score (nSPS) is 11.5. The van der Waals surface area contributed by atoms with Crippen LogP contribution < -0.4 is 4.90 Å². The average Bonchev–Trinajstić information content (AvgIpc) is 2.64. The third kappa shape index (κ3) is 4.09. The number of fused-ring (bicyclic) bond motifs is 1. The summed E-state index contributed by atoms with van der Waals surface area (Å²) in [6, 6.07) is 18.5.